The van der Waals surface area contributed by atoms with Crippen LogP contribution in [0.25, 0.3) is 0 Å². The molecule has 1 aliphatic rings. The van der Waals surface area contributed by atoms with Gasteiger partial charge in [-0.1, -0.05) is 27.7 Å². The van der Waals surface area contributed by atoms with E-state index in [0.717, 1.165) is 0 Å². The maximum atomic E-state index is 13.2. The molecule has 1 saturated heterocycles. The summed E-state index contributed by atoms with van der Waals surface area (Å²) >= 11 is 0. The van der Waals surface area contributed by atoms with E-state index in [4.69, 9.17) is 18.2 Å². The van der Waals surface area contributed by atoms with Gasteiger partial charge in [-0.2, -0.15) is 0 Å². The van der Waals surface area contributed by atoms with Crippen molar-refractivity contribution in [1.82, 2.24) is 9.55 Å². The van der Waals surface area contributed by atoms with Crippen molar-refractivity contribution in [3.63, 3.8) is 0 Å². The first-order chi connectivity index (χ1) is 15.1. The fourth-order valence-electron chi connectivity index (χ4n) is 3.80. The Morgan fingerprint density at radius 1 is 1.24 bits per heavy atom. The molecule has 1 N–H and O–H groups in total. The van der Waals surface area contributed by atoms with Crippen molar-refractivity contribution in [2.24, 2.45) is 5.92 Å². The molecule has 4 atom stereocenters. The summed E-state index contributed by atoms with van der Waals surface area (Å²) in [4.78, 5) is 26.7. The molecule has 11 heteroatoms. The Balaban J connectivity index is 2.39. The largest absolute Gasteiger partial charge is 0.411 e. The maximum Gasteiger partial charge on any atom is 0.331 e. The Morgan fingerprint density at radius 3 is 2.33 bits per heavy atom. The van der Waals surface area contributed by atoms with E-state index < -0.39 is 39.5 Å². The number of nitrogens with one attached hydrogen (secondary N) is 1. The molecule has 9 nitrogen and oxygen atoms in total. The first kappa shape index (κ1) is 28.2. The molecule has 0 aliphatic carbocycles. The molecule has 0 bridgehead atoms. The zero-order chi connectivity index (χ0) is 25.2. The van der Waals surface area contributed by atoms with Crippen LogP contribution in [0, 0.1) is 12.8 Å². The number of ether oxygens (including phenoxy) is 1. The molecule has 2 heterocycles. The van der Waals surface area contributed by atoms with Gasteiger partial charge in [0.25, 0.3) is 5.56 Å². The van der Waals surface area contributed by atoms with Crippen LogP contribution in [-0.4, -0.2) is 49.5 Å². The first-order valence-electron chi connectivity index (χ1n) is 11.7. The van der Waals surface area contributed by atoms with E-state index in [2.05, 4.69) is 38.8 Å². The Bertz CT molecular complexity index is 959. The van der Waals surface area contributed by atoms with Gasteiger partial charge in [0.1, 0.15) is 6.23 Å². The van der Waals surface area contributed by atoms with Gasteiger partial charge in [0, 0.05) is 18.2 Å². The monoisotopic (exact) mass is 504 g/mol. The van der Waals surface area contributed by atoms with Crippen LogP contribution >= 0.6 is 7.60 Å². The molecule has 0 amide bonds. The minimum Gasteiger partial charge on any atom is -0.411 e. The third-order valence-electron chi connectivity index (χ3n) is 6.55. The Hall–Kier alpha value is -1.03. The van der Waals surface area contributed by atoms with Gasteiger partial charge >= 0.3 is 13.3 Å². The summed E-state index contributed by atoms with van der Waals surface area (Å²) in [6.45, 7) is 18.6. The van der Waals surface area contributed by atoms with Crippen LogP contribution < -0.4 is 11.2 Å². The predicted molar refractivity (Wildman–Crippen MR) is 132 cm³/mol. The van der Waals surface area contributed by atoms with Crippen molar-refractivity contribution >= 4 is 15.9 Å². The lowest BCUT2D eigenvalue weighted by Gasteiger charge is -2.40. The van der Waals surface area contributed by atoms with E-state index in [1.807, 2.05) is 6.92 Å². The van der Waals surface area contributed by atoms with Gasteiger partial charge < -0.3 is 18.2 Å². The highest BCUT2D eigenvalue weighted by atomic mass is 31.2. The molecule has 0 spiro atoms. The van der Waals surface area contributed by atoms with Crippen LogP contribution in [0.15, 0.2) is 15.8 Å². The number of hydrogen-bond donors (Lipinski definition) is 1. The number of aromatic nitrogens is 2. The van der Waals surface area contributed by atoms with Crippen molar-refractivity contribution in [3.8, 4) is 0 Å². The lowest BCUT2D eigenvalue weighted by Crippen LogP contribution is -2.47. The number of aromatic amines is 1. The number of rotatable bonds is 10. The topological polar surface area (TPSA) is 109 Å². The molecular formula is C22H41N2O7PSi. The summed E-state index contributed by atoms with van der Waals surface area (Å²) in [5.41, 5.74) is -0.513. The van der Waals surface area contributed by atoms with Crippen molar-refractivity contribution < 1.29 is 22.8 Å². The summed E-state index contributed by atoms with van der Waals surface area (Å²) in [6.07, 6.45) is 0.824. The van der Waals surface area contributed by atoms with E-state index in [1.54, 1.807) is 20.8 Å². The molecule has 1 fully saturated rings. The Kier molecular flexibility index (Phi) is 9.15. The van der Waals surface area contributed by atoms with Crippen molar-refractivity contribution in [3.05, 3.63) is 32.6 Å². The summed E-state index contributed by atoms with van der Waals surface area (Å²) in [5.74, 6) is -0.215. The zero-order valence-corrected chi connectivity index (χ0v) is 23.4. The fraction of sp³-hybridized carbons (Fsp3) is 0.818. The molecule has 190 valence electrons. The Labute approximate surface area is 197 Å². The van der Waals surface area contributed by atoms with Crippen molar-refractivity contribution in [1.29, 1.82) is 0 Å². The van der Waals surface area contributed by atoms with Gasteiger partial charge in [0.15, 0.2) is 8.32 Å². The third kappa shape index (κ3) is 6.77. The minimum atomic E-state index is -3.29. The molecular weight excluding hydrogens is 463 g/mol. The highest BCUT2D eigenvalue weighted by molar-refractivity contribution is 7.53. The number of aryl methyl sites for hydroxylation is 1. The normalized spacial score (nSPS) is 23.1. The molecule has 1 aliphatic heterocycles. The second-order valence-electron chi connectivity index (χ2n) is 10.3. The van der Waals surface area contributed by atoms with Gasteiger partial charge in [-0.05, 0) is 44.8 Å². The molecule has 0 radical (unpaired) electrons. The smallest absolute Gasteiger partial charge is 0.331 e. The predicted octanol–water partition coefficient (Wildman–Crippen LogP) is 4.43. The molecule has 2 unspecified atom stereocenters. The molecule has 1 aromatic heterocycles. The van der Waals surface area contributed by atoms with Gasteiger partial charge in [-0.15, -0.1) is 0 Å². The van der Waals surface area contributed by atoms with Crippen LogP contribution in [0.3, 0.4) is 0 Å². The molecule has 1 aromatic rings. The highest BCUT2D eigenvalue weighted by Crippen LogP contribution is 2.52. The van der Waals surface area contributed by atoms with Crippen LogP contribution in [0.5, 0.6) is 0 Å². The second kappa shape index (κ2) is 10.7. The van der Waals surface area contributed by atoms with Gasteiger partial charge in [-0.25, -0.2) is 4.79 Å². The minimum absolute atomic E-state index is 0.0176. The lowest BCUT2D eigenvalue weighted by atomic mass is 10.0. The van der Waals surface area contributed by atoms with E-state index in [0.29, 0.717) is 12.0 Å². The van der Waals surface area contributed by atoms with Crippen molar-refractivity contribution in [2.75, 3.05) is 19.4 Å². The van der Waals surface area contributed by atoms with E-state index in [9.17, 15) is 14.2 Å². The SMILES string of the molecule is CCOP(=O)(CC(C)[C@H]1O[C@@H](n2cc(C)c(=O)[nH]c2=O)CC1O[Si](C)(C)C(C)(C)C)OCC. The molecule has 33 heavy (non-hydrogen) atoms. The third-order valence-corrected chi connectivity index (χ3v) is 13.4. The quantitative estimate of drug-likeness (QED) is 0.371. The van der Waals surface area contributed by atoms with Crippen LogP contribution in [0.2, 0.25) is 18.1 Å². The average Bonchev–Trinajstić information content (AvgIpc) is 3.07. The molecule has 2 rings (SSSR count). The van der Waals surface area contributed by atoms with Gasteiger partial charge in [-0.3, -0.25) is 18.9 Å². The average molecular weight is 505 g/mol. The maximum absolute atomic E-state index is 13.2. The summed E-state index contributed by atoms with van der Waals surface area (Å²) in [6, 6.07) is 0. The highest BCUT2D eigenvalue weighted by Gasteiger charge is 2.48. The number of nitrogens with zero attached hydrogens (tertiary/aromatic N) is 1. The van der Waals surface area contributed by atoms with E-state index in [1.165, 1.54) is 10.8 Å². The fourth-order valence-corrected chi connectivity index (χ4v) is 7.13. The molecule has 0 saturated carbocycles. The van der Waals surface area contributed by atoms with Crippen LogP contribution in [-0.2, 0) is 22.8 Å². The summed E-state index contributed by atoms with van der Waals surface area (Å²) in [5, 5.41) is -0.0176. The zero-order valence-electron chi connectivity index (χ0n) is 21.5. The summed E-state index contributed by atoms with van der Waals surface area (Å²) < 4.78 is 38.7. The van der Waals surface area contributed by atoms with Crippen LogP contribution in [0.4, 0.5) is 0 Å². The van der Waals surface area contributed by atoms with E-state index >= 15 is 0 Å². The Morgan fingerprint density at radius 2 is 1.82 bits per heavy atom. The van der Waals surface area contributed by atoms with Crippen LogP contribution in [0.1, 0.15) is 59.8 Å². The van der Waals surface area contributed by atoms with Crippen molar-refractivity contribution in [2.45, 2.75) is 91.5 Å². The number of hydrogen-bond acceptors (Lipinski definition) is 7. The standard InChI is InChI=1S/C22H41N2O7PSi/c1-10-28-32(27,29-11-2)14-16(4)19-17(31-33(8,9)22(5,6)7)12-18(30-19)24-13-15(3)20(25)23-21(24)26/h13,16-19H,10-12,14H2,1-9H3,(H,23,25,26)/t16?,17?,18-,19-/m1/s1. The lowest BCUT2D eigenvalue weighted by molar-refractivity contribution is -0.0413. The van der Waals surface area contributed by atoms with Gasteiger partial charge in [0.2, 0.25) is 0 Å². The summed E-state index contributed by atoms with van der Waals surface area (Å²) in [7, 11) is -5.46. The number of H-pyrrole nitrogens is 1. The molecule has 0 aromatic carbocycles. The van der Waals surface area contributed by atoms with E-state index in [-0.39, 0.29) is 36.4 Å². The van der Waals surface area contributed by atoms with Gasteiger partial charge in [0.05, 0.1) is 31.6 Å². The first-order valence-corrected chi connectivity index (χ1v) is 16.3. The second-order valence-corrected chi connectivity index (χ2v) is 17.2.